The zero-order chi connectivity index (χ0) is 29.8. The highest BCUT2D eigenvalue weighted by atomic mass is 32.1. The number of hydrogen-bond acceptors (Lipinski definition) is 11. The van der Waals surface area contributed by atoms with Crippen molar-refractivity contribution in [2.24, 2.45) is 0 Å². The zero-order valence-electron chi connectivity index (χ0n) is 23.6. The van der Waals surface area contributed by atoms with Gasteiger partial charge in [0, 0.05) is 30.3 Å². The van der Waals surface area contributed by atoms with Crippen LogP contribution < -0.4 is 20.7 Å². The topological polar surface area (TPSA) is 137 Å². The Morgan fingerprint density at radius 2 is 1.68 bits per heavy atom. The Balaban J connectivity index is 2.36. The van der Waals surface area contributed by atoms with Crippen LogP contribution in [-0.4, -0.2) is 55.6 Å². The van der Waals surface area contributed by atoms with Crippen LogP contribution in [0, 0.1) is 18.3 Å². The molecule has 0 saturated carbocycles. The third kappa shape index (κ3) is 9.13. The Labute approximate surface area is 239 Å². The molecule has 2 aromatic rings. The van der Waals surface area contributed by atoms with E-state index in [4.69, 9.17) is 9.47 Å². The van der Waals surface area contributed by atoms with Gasteiger partial charge < -0.3 is 19.7 Å². The van der Waals surface area contributed by atoms with Crippen LogP contribution in [0.25, 0.3) is 0 Å². The average Bonchev–Trinajstić information content (AvgIpc) is 3.28. The Morgan fingerprint density at radius 1 is 1.07 bits per heavy atom. The fraction of sp³-hybridized carbons (Fsp3) is 0.393. The smallest absolute Gasteiger partial charge is 0.333 e. The first kappa shape index (κ1) is 31.8. The summed E-state index contributed by atoms with van der Waals surface area (Å²) in [6.07, 6.45) is 1.01. The number of nitriles is 1. The molecule has 1 aromatic heterocycles. The van der Waals surface area contributed by atoms with Gasteiger partial charge in [-0.05, 0) is 56.9 Å². The summed E-state index contributed by atoms with van der Waals surface area (Å²) in [4.78, 5) is 38.2. The van der Waals surface area contributed by atoms with E-state index in [9.17, 15) is 19.6 Å². The molecule has 0 bridgehead atoms. The minimum atomic E-state index is -0.501. The lowest BCUT2D eigenvalue weighted by atomic mass is 10.2. The predicted octanol–water partition coefficient (Wildman–Crippen LogP) is 4.57. The normalized spacial score (nSPS) is 10.2. The Morgan fingerprint density at radius 3 is 2.20 bits per heavy atom. The van der Waals surface area contributed by atoms with Gasteiger partial charge in [0.15, 0.2) is 0 Å². The van der Waals surface area contributed by atoms with Gasteiger partial charge in [-0.2, -0.15) is 9.64 Å². The van der Waals surface area contributed by atoms with Gasteiger partial charge in [0.25, 0.3) is 0 Å². The van der Waals surface area contributed by atoms with E-state index in [0.29, 0.717) is 59.3 Å². The van der Waals surface area contributed by atoms with Gasteiger partial charge in [-0.3, -0.25) is 15.2 Å². The van der Waals surface area contributed by atoms with Crippen molar-refractivity contribution in [2.75, 3.05) is 54.0 Å². The molecule has 0 saturated heterocycles. The SMILES string of the molecule is C=C(C)C(=O)OCCN(CCOC(=O)C(=C)C)c1ccc(NN(C)c2snc(C)c2C#N)c(NC(=O)CCC)c1. The van der Waals surface area contributed by atoms with Gasteiger partial charge in [-0.25, -0.2) is 9.59 Å². The number of amides is 1. The summed E-state index contributed by atoms with van der Waals surface area (Å²) in [5.74, 6) is -1.16. The summed E-state index contributed by atoms with van der Waals surface area (Å²) in [6, 6.07) is 7.58. The number of hydrogen-bond donors (Lipinski definition) is 2. The molecule has 214 valence electrons. The van der Waals surface area contributed by atoms with Crippen molar-refractivity contribution in [1.29, 1.82) is 5.26 Å². The molecule has 0 aliphatic heterocycles. The summed E-state index contributed by atoms with van der Waals surface area (Å²) in [5, 5.41) is 14.8. The summed E-state index contributed by atoms with van der Waals surface area (Å²) in [7, 11) is 1.76. The Kier molecular flexibility index (Phi) is 12.2. The van der Waals surface area contributed by atoms with Crippen LogP contribution in [0.4, 0.5) is 22.1 Å². The van der Waals surface area contributed by atoms with Crippen LogP contribution in [0.1, 0.15) is 44.9 Å². The van der Waals surface area contributed by atoms with Gasteiger partial charge in [-0.1, -0.05) is 20.1 Å². The third-order valence-corrected chi connectivity index (χ3v) is 6.57. The van der Waals surface area contributed by atoms with E-state index in [2.05, 4.69) is 34.3 Å². The molecule has 1 amide bonds. The second-order valence-corrected chi connectivity index (χ2v) is 9.83. The summed E-state index contributed by atoms with van der Waals surface area (Å²) in [5.41, 5.74) is 6.71. The predicted molar refractivity (Wildman–Crippen MR) is 157 cm³/mol. The molecule has 0 radical (unpaired) electrons. The molecule has 0 aliphatic rings. The van der Waals surface area contributed by atoms with Gasteiger partial charge in [0.1, 0.15) is 29.8 Å². The number of anilines is 4. The minimum Gasteiger partial charge on any atom is -0.460 e. The molecule has 11 nitrogen and oxygen atoms in total. The van der Waals surface area contributed by atoms with Crippen LogP contribution in [0.5, 0.6) is 0 Å². The largest absolute Gasteiger partial charge is 0.460 e. The highest BCUT2D eigenvalue weighted by Crippen LogP contribution is 2.32. The molecule has 0 atom stereocenters. The summed E-state index contributed by atoms with van der Waals surface area (Å²) in [6.45, 7) is 14.7. The first-order valence-corrected chi connectivity index (χ1v) is 13.5. The van der Waals surface area contributed by atoms with Crippen molar-refractivity contribution in [1.82, 2.24) is 4.37 Å². The number of benzene rings is 1. The van der Waals surface area contributed by atoms with E-state index in [1.54, 1.807) is 45.0 Å². The molecule has 2 N–H and O–H groups in total. The number of hydrazine groups is 1. The molecule has 12 heteroatoms. The van der Waals surface area contributed by atoms with Crippen LogP contribution >= 0.6 is 11.5 Å². The summed E-state index contributed by atoms with van der Waals surface area (Å²) >= 11 is 1.19. The molecule has 0 fully saturated rings. The highest BCUT2D eigenvalue weighted by molar-refractivity contribution is 7.10. The molecular weight excluding hydrogens is 532 g/mol. The Bertz CT molecular complexity index is 1270. The average molecular weight is 569 g/mol. The lowest BCUT2D eigenvalue weighted by molar-refractivity contribution is -0.139. The quantitative estimate of drug-likeness (QED) is 0.179. The van der Waals surface area contributed by atoms with Crippen molar-refractivity contribution in [3.63, 3.8) is 0 Å². The van der Waals surface area contributed by atoms with Gasteiger partial charge in [-0.15, -0.1) is 0 Å². The summed E-state index contributed by atoms with van der Waals surface area (Å²) < 4.78 is 14.8. The number of aromatic nitrogens is 1. The molecular formula is C28H36N6O5S. The molecule has 0 spiro atoms. The second-order valence-electron chi connectivity index (χ2n) is 9.08. The van der Waals surface area contributed by atoms with Crippen LogP contribution in [0.3, 0.4) is 0 Å². The van der Waals surface area contributed by atoms with Crippen molar-refractivity contribution in [3.05, 3.63) is 53.8 Å². The van der Waals surface area contributed by atoms with E-state index in [1.807, 2.05) is 17.9 Å². The maximum atomic E-state index is 12.6. The van der Waals surface area contributed by atoms with E-state index in [0.717, 1.165) is 0 Å². The molecule has 1 heterocycles. The number of carbonyl (C=O) groups is 3. The lowest BCUT2D eigenvalue weighted by Gasteiger charge is -2.27. The number of ether oxygens (including phenoxy) is 2. The number of carbonyl (C=O) groups excluding carboxylic acids is 3. The van der Waals surface area contributed by atoms with Crippen LogP contribution in [-0.2, 0) is 23.9 Å². The minimum absolute atomic E-state index is 0.0715. The lowest BCUT2D eigenvalue weighted by Crippen LogP contribution is -2.32. The molecule has 1 aromatic carbocycles. The fourth-order valence-corrected chi connectivity index (χ4v) is 4.20. The zero-order valence-corrected chi connectivity index (χ0v) is 24.4. The van der Waals surface area contributed by atoms with Crippen LogP contribution in [0.15, 0.2) is 42.5 Å². The molecule has 0 unspecified atom stereocenters. The molecule has 0 aliphatic carbocycles. The third-order valence-electron chi connectivity index (χ3n) is 5.55. The standard InChI is InChI=1S/C28H36N6O5S/c1-8-9-25(35)30-24-16-21(10-11-23(24)31-33(7)26-22(17-29)20(6)32-40-26)34(12-14-38-27(36)18(2)3)13-15-39-28(37)19(4)5/h10-11,16,31H,2,4,8-9,12-15H2,1,3,5-7H3,(H,30,35). The van der Waals surface area contributed by atoms with Crippen LogP contribution in [0.2, 0.25) is 0 Å². The van der Waals surface area contributed by atoms with E-state index >= 15 is 0 Å². The van der Waals surface area contributed by atoms with Crippen molar-refractivity contribution >= 4 is 51.4 Å². The van der Waals surface area contributed by atoms with Crippen molar-refractivity contribution in [2.45, 2.75) is 40.5 Å². The first-order chi connectivity index (χ1) is 19.0. The van der Waals surface area contributed by atoms with Gasteiger partial charge in [0.05, 0.1) is 30.2 Å². The number of nitrogens with one attached hydrogen (secondary N) is 2. The van der Waals surface area contributed by atoms with E-state index < -0.39 is 11.9 Å². The number of aryl methyl sites for hydroxylation is 1. The molecule has 2 rings (SSSR count). The van der Waals surface area contributed by atoms with Crippen molar-refractivity contribution in [3.8, 4) is 6.07 Å². The van der Waals surface area contributed by atoms with Gasteiger partial charge >= 0.3 is 11.9 Å². The number of esters is 2. The molecule has 40 heavy (non-hydrogen) atoms. The number of nitrogens with zero attached hydrogens (tertiary/aromatic N) is 4. The van der Waals surface area contributed by atoms with E-state index in [-0.39, 0.29) is 30.3 Å². The van der Waals surface area contributed by atoms with E-state index in [1.165, 1.54) is 11.5 Å². The maximum Gasteiger partial charge on any atom is 0.333 e. The number of rotatable bonds is 15. The fourth-order valence-electron chi connectivity index (χ4n) is 3.43. The van der Waals surface area contributed by atoms with Gasteiger partial charge in [0.2, 0.25) is 5.91 Å². The monoisotopic (exact) mass is 568 g/mol. The Hall–Kier alpha value is -4.37. The maximum absolute atomic E-state index is 12.6. The van der Waals surface area contributed by atoms with Crippen molar-refractivity contribution < 1.29 is 23.9 Å². The first-order valence-electron chi connectivity index (χ1n) is 12.7. The highest BCUT2D eigenvalue weighted by Gasteiger charge is 2.18. The second kappa shape index (κ2) is 15.3.